The molecule has 0 aromatic heterocycles. The van der Waals surface area contributed by atoms with Gasteiger partial charge in [-0.05, 0) is 25.1 Å². The van der Waals surface area contributed by atoms with E-state index in [1.165, 1.54) is 17.9 Å². The van der Waals surface area contributed by atoms with Gasteiger partial charge in [0.05, 0.1) is 24.5 Å². The Morgan fingerprint density at radius 2 is 2.19 bits per heavy atom. The highest BCUT2D eigenvalue weighted by Gasteiger charge is 2.33. The molecule has 2 fully saturated rings. The smallest absolute Gasteiger partial charge is 0.414 e. The number of allylic oxidation sites excluding steroid dienone is 1. The van der Waals surface area contributed by atoms with Crippen LogP contribution >= 0.6 is 0 Å². The van der Waals surface area contributed by atoms with Crippen molar-refractivity contribution in [1.82, 2.24) is 5.32 Å². The summed E-state index contributed by atoms with van der Waals surface area (Å²) in [5.74, 6) is -0.577. The number of cyclic esters (lactones) is 1. The van der Waals surface area contributed by atoms with E-state index in [2.05, 4.69) is 5.32 Å². The van der Waals surface area contributed by atoms with E-state index in [9.17, 15) is 18.8 Å². The highest BCUT2D eigenvalue weighted by atomic mass is 19.1. The standard InChI is InChI=1S/C19H22FN3O4/c1-3-13-10-22(7-6-18(13)25)17-5-4-14(8-16(17)20)23-11-15(27-19(23)26)9-21-12(2)24/h3-5,8,15H,6-7,9-11H2,1-2H3,(H,21,24)/b13-3+. The summed E-state index contributed by atoms with van der Waals surface area (Å²) < 4.78 is 19.9. The minimum absolute atomic E-state index is 0.0933. The van der Waals surface area contributed by atoms with Crippen molar-refractivity contribution in [1.29, 1.82) is 0 Å². The van der Waals surface area contributed by atoms with Crippen LogP contribution in [0.15, 0.2) is 29.8 Å². The first-order chi connectivity index (χ1) is 12.9. The van der Waals surface area contributed by atoms with Crippen molar-refractivity contribution in [3.05, 3.63) is 35.7 Å². The number of ether oxygens (including phenoxy) is 1. The second kappa shape index (κ2) is 7.77. The van der Waals surface area contributed by atoms with E-state index in [0.29, 0.717) is 36.5 Å². The van der Waals surface area contributed by atoms with Crippen LogP contribution in [-0.2, 0) is 14.3 Å². The molecule has 2 saturated heterocycles. The van der Waals surface area contributed by atoms with E-state index in [4.69, 9.17) is 4.74 Å². The number of nitrogens with one attached hydrogen (secondary N) is 1. The maximum atomic E-state index is 14.7. The first-order valence-electron chi connectivity index (χ1n) is 8.84. The van der Waals surface area contributed by atoms with Crippen molar-refractivity contribution in [3.63, 3.8) is 0 Å². The summed E-state index contributed by atoms with van der Waals surface area (Å²) in [6.45, 7) is 4.46. The molecule has 1 aromatic rings. The summed E-state index contributed by atoms with van der Waals surface area (Å²) in [6, 6.07) is 4.57. The molecule has 27 heavy (non-hydrogen) atoms. The summed E-state index contributed by atoms with van der Waals surface area (Å²) in [5, 5.41) is 2.60. The third-order valence-corrected chi connectivity index (χ3v) is 4.71. The molecule has 7 nitrogen and oxygen atoms in total. The van der Waals surface area contributed by atoms with E-state index < -0.39 is 18.0 Å². The lowest BCUT2D eigenvalue weighted by Crippen LogP contribution is -2.36. The molecule has 1 aromatic carbocycles. The first-order valence-corrected chi connectivity index (χ1v) is 8.84. The van der Waals surface area contributed by atoms with E-state index in [1.807, 2.05) is 4.90 Å². The number of ketones is 1. The maximum Gasteiger partial charge on any atom is 0.414 e. The van der Waals surface area contributed by atoms with Gasteiger partial charge in [-0.2, -0.15) is 0 Å². The summed E-state index contributed by atoms with van der Waals surface area (Å²) in [6.07, 6.45) is 1.06. The lowest BCUT2D eigenvalue weighted by atomic mass is 10.0. The van der Waals surface area contributed by atoms with Crippen LogP contribution in [0.25, 0.3) is 0 Å². The van der Waals surface area contributed by atoms with Crippen LogP contribution in [0.2, 0.25) is 0 Å². The van der Waals surface area contributed by atoms with Gasteiger partial charge in [-0.15, -0.1) is 0 Å². The fourth-order valence-corrected chi connectivity index (χ4v) is 3.24. The predicted octanol–water partition coefficient (Wildman–Crippen LogP) is 2.01. The van der Waals surface area contributed by atoms with Gasteiger partial charge in [-0.25, -0.2) is 9.18 Å². The molecule has 0 spiro atoms. The van der Waals surface area contributed by atoms with Crippen LogP contribution in [0.4, 0.5) is 20.6 Å². The number of anilines is 2. The van der Waals surface area contributed by atoms with Crippen LogP contribution in [-0.4, -0.2) is 50.1 Å². The number of hydrogen-bond donors (Lipinski definition) is 1. The molecule has 1 unspecified atom stereocenters. The second-order valence-electron chi connectivity index (χ2n) is 6.60. The number of amides is 2. The lowest BCUT2D eigenvalue weighted by Gasteiger charge is -2.30. The molecule has 0 aliphatic carbocycles. The van der Waals surface area contributed by atoms with Crippen LogP contribution in [0.1, 0.15) is 20.3 Å². The Balaban J connectivity index is 1.72. The molecule has 8 heteroatoms. The Bertz CT molecular complexity index is 808. The number of hydrogen-bond acceptors (Lipinski definition) is 5. The summed E-state index contributed by atoms with van der Waals surface area (Å²) >= 11 is 0. The molecule has 0 saturated carbocycles. The Morgan fingerprint density at radius 1 is 1.41 bits per heavy atom. The van der Waals surface area contributed by atoms with Crippen LogP contribution in [0.3, 0.4) is 0 Å². The zero-order valence-electron chi connectivity index (χ0n) is 15.3. The molecule has 2 aliphatic rings. The molecule has 3 rings (SSSR count). The fourth-order valence-electron chi connectivity index (χ4n) is 3.24. The monoisotopic (exact) mass is 375 g/mol. The Hall–Kier alpha value is -2.90. The van der Waals surface area contributed by atoms with Crippen molar-refractivity contribution in [2.45, 2.75) is 26.4 Å². The van der Waals surface area contributed by atoms with Crippen molar-refractivity contribution in [3.8, 4) is 0 Å². The quantitative estimate of drug-likeness (QED) is 0.815. The zero-order valence-corrected chi connectivity index (χ0v) is 15.3. The summed E-state index contributed by atoms with van der Waals surface area (Å²) in [4.78, 5) is 38.0. The number of benzene rings is 1. The minimum Gasteiger partial charge on any atom is -0.442 e. The molecule has 2 amide bonds. The third kappa shape index (κ3) is 4.10. The molecule has 2 aliphatic heterocycles. The fraction of sp³-hybridized carbons (Fsp3) is 0.421. The molecule has 1 atom stereocenters. The van der Waals surface area contributed by atoms with Gasteiger partial charge < -0.3 is 15.0 Å². The largest absolute Gasteiger partial charge is 0.442 e. The minimum atomic E-state index is -0.572. The summed E-state index contributed by atoms with van der Waals surface area (Å²) in [7, 11) is 0. The Kier molecular flexibility index (Phi) is 5.43. The normalized spacial score (nSPS) is 21.6. The van der Waals surface area contributed by atoms with E-state index in [-0.39, 0.29) is 24.8 Å². The second-order valence-corrected chi connectivity index (χ2v) is 6.60. The molecule has 1 N–H and O–H groups in total. The lowest BCUT2D eigenvalue weighted by molar-refractivity contribution is -0.119. The van der Waals surface area contributed by atoms with Crippen molar-refractivity contribution < 1.29 is 23.5 Å². The number of Topliss-reactive ketones (excluding diaryl/α,β-unsaturated/α-hetero) is 1. The number of halogens is 1. The van der Waals surface area contributed by atoms with Crippen LogP contribution < -0.4 is 15.1 Å². The van der Waals surface area contributed by atoms with Crippen LogP contribution in [0.5, 0.6) is 0 Å². The number of rotatable bonds is 4. The van der Waals surface area contributed by atoms with Gasteiger partial charge in [0.2, 0.25) is 5.91 Å². The van der Waals surface area contributed by atoms with Gasteiger partial charge in [-0.1, -0.05) is 6.08 Å². The van der Waals surface area contributed by atoms with Crippen LogP contribution in [0, 0.1) is 5.82 Å². The van der Waals surface area contributed by atoms with Gasteiger partial charge in [0.15, 0.2) is 5.78 Å². The third-order valence-electron chi connectivity index (χ3n) is 4.71. The average Bonchev–Trinajstić information content (AvgIpc) is 3.01. The zero-order chi connectivity index (χ0) is 19.6. The number of nitrogens with zero attached hydrogens (tertiary/aromatic N) is 2. The predicted molar refractivity (Wildman–Crippen MR) is 98.3 cm³/mol. The number of carbonyl (C=O) groups is 3. The Labute approximate surface area is 156 Å². The topological polar surface area (TPSA) is 79.0 Å². The molecule has 0 radical (unpaired) electrons. The first kappa shape index (κ1) is 18.9. The maximum absolute atomic E-state index is 14.7. The number of carbonyl (C=O) groups excluding carboxylic acids is 3. The van der Waals surface area contributed by atoms with Crippen molar-refractivity contribution in [2.24, 2.45) is 0 Å². The van der Waals surface area contributed by atoms with Gasteiger partial charge in [0.1, 0.15) is 11.9 Å². The van der Waals surface area contributed by atoms with E-state index in [0.717, 1.165) is 0 Å². The van der Waals surface area contributed by atoms with Gasteiger partial charge in [-0.3, -0.25) is 14.5 Å². The molecular weight excluding hydrogens is 353 g/mol. The highest BCUT2D eigenvalue weighted by molar-refractivity contribution is 5.98. The van der Waals surface area contributed by atoms with Gasteiger partial charge >= 0.3 is 6.09 Å². The molecule has 2 heterocycles. The SMILES string of the molecule is C/C=C1\CN(c2ccc(N3CC(CNC(C)=O)OC3=O)cc2F)CCC1=O. The van der Waals surface area contributed by atoms with Gasteiger partial charge in [0, 0.05) is 32.0 Å². The van der Waals surface area contributed by atoms with Crippen molar-refractivity contribution >= 4 is 29.2 Å². The molecule has 144 valence electrons. The van der Waals surface area contributed by atoms with E-state index >= 15 is 0 Å². The Morgan fingerprint density at radius 3 is 2.85 bits per heavy atom. The van der Waals surface area contributed by atoms with Gasteiger partial charge in [0.25, 0.3) is 0 Å². The van der Waals surface area contributed by atoms with Crippen molar-refractivity contribution in [2.75, 3.05) is 36.0 Å². The molecular formula is C19H22FN3O4. The molecule has 0 bridgehead atoms. The number of piperidine rings is 1. The highest BCUT2D eigenvalue weighted by Crippen LogP contribution is 2.29. The average molecular weight is 375 g/mol. The summed E-state index contributed by atoms with van der Waals surface area (Å²) in [5.41, 5.74) is 1.47. The van der Waals surface area contributed by atoms with E-state index in [1.54, 1.807) is 25.1 Å².